The first-order valence-corrected chi connectivity index (χ1v) is 8.00. The maximum atomic E-state index is 12.7. The number of rotatable bonds is 3. The van der Waals surface area contributed by atoms with Crippen molar-refractivity contribution in [2.24, 2.45) is 17.6 Å². The first kappa shape index (κ1) is 16.6. The number of carbonyl (C=O) groups excluding carboxylic acids is 1. The summed E-state index contributed by atoms with van der Waals surface area (Å²) >= 11 is 0. The van der Waals surface area contributed by atoms with Crippen molar-refractivity contribution < 1.29 is 18.0 Å². The maximum Gasteiger partial charge on any atom is 0.391 e. The van der Waals surface area contributed by atoms with Gasteiger partial charge in [-0.3, -0.25) is 4.79 Å². The average Bonchev–Trinajstić information content (AvgIpc) is 2.47. The number of alkyl halides is 3. The van der Waals surface area contributed by atoms with Crippen molar-refractivity contribution in [2.75, 3.05) is 13.1 Å². The molecule has 1 saturated carbocycles. The van der Waals surface area contributed by atoms with Gasteiger partial charge in [0.15, 0.2) is 0 Å². The molecule has 0 aromatic carbocycles. The molecule has 6 heteroatoms. The third kappa shape index (κ3) is 4.11. The van der Waals surface area contributed by atoms with Crippen molar-refractivity contribution >= 4 is 5.91 Å². The number of likely N-dealkylation sites (tertiary alicyclic amines) is 1. The minimum absolute atomic E-state index is 0.0637. The van der Waals surface area contributed by atoms with E-state index >= 15 is 0 Å². The van der Waals surface area contributed by atoms with Crippen LogP contribution in [0.2, 0.25) is 0 Å². The van der Waals surface area contributed by atoms with Crippen LogP contribution in [0.3, 0.4) is 0 Å². The van der Waals surface area contributed by atoms with E-state index in [1.165, 1.54) is 0 Å². The average molecular weight is 306 g/mol. The number of nitrogens with zero attached hydrogens (tertiary/aromatic N) is 1. The topological polar surface area (TPSA) is 46.3 Å². The molecule has 0 spiro atoms. The smallest absolute Gasteiger partial charge is 0.339 e. The fraction of sp³-hybridized carbons (Fsp3) is 0.933. The van der Waals surface area contributed by atoms with Crippen LogP contribution in [0.5, 0.6) is 0 Å². The molecule has 1 amide bonds. The summed E-state index contributed by atoms with van der Waals surface area (Å²) in [5, 5.41) is 0. The highest BCUT2D eigenvalue weighted by atomic mass is 19.4. The summed E-state index contributed by atoms with van der Waals surface area (Å²) < 4.78 is 38.0. The Morgan fingerprint density at radius 2 is 1.76 bits per heavy atom. The Hall–Kier alpha value is -0.780. The molecule has 1 heterocycles. The quantitative estimate of drug-likeness (QED) is 0.871. The fourth-order valence-electron chi connectivity index (χ4n) is 3.69. The predicted molar refractivity (Wildman–Crippen MR) is 74.5 cm³/mol. The van der Waals surface area contributed by atoms with Crippen molar-refractivity contribution in [1.82, 2.24) is 4.90 Å². The van der Waals surface area contributed by atoms with Crippen LogP contribution in [0.15, 0.2) is 0 Å². The Balaban J connectivity index is 1.91. The van der Waals surface area contributed by atoms with Gasteiger partial charge in [0, 0.05) is 18.5 Å². The molecule has 0 aromatic rings. The normalized spacial score (nSPS) is 31.2. The van der Waals surface area contributed by atoms with Gasteiger partial charge in [0.1, 0.15) is 0 Å². The zero-order valence-electron chi connectivity index (χ0n) is 12.4. The molecule has 2 rings (SSSR count). The van der Waals surface area contributed by atoms with Gasteiger partial charge < -0.3 is 10.6 Å². The summed E-state index contributed by atoms with van der Waals surface area (Å²) in [4.78, 5) is 14.5. The molecule has 1 aliphatic carbocycles. The van der Waals surface area contributed by atoms with Gasteiger partial charge in [-0.25, -0.2) is 0 Å². The van der Waals surface area contributed by atoms with Gasteiger partial charge in [0.2, 0.25) is 5.91 Å². The molecular weight excluding hydrogens is 281 g/mol. The second-order valence-corrected chi connectivity index (χ2v) is 6.35. The summed E-state index contributed by atoms with van der Waals surface area (Å²) in [6.07, 6.45) is 0.681. The summed E-state index contributed by atoms with van der Waals surface area (Å²) in [5.74, 6) is -1.38. The van der Waals surface area contributed by atoms with Crippen LogP contribution < -0.4 is 5.73 Å². The molecule has 0 radical (unpaired) electrons. The van der Waals surface area contributed by atoms with E-state index in [0.717, 1.165) is 32.2 Å². The number of piperidine rings is 1. The summed E-state index contributed by atoms with van der Waals surface area (Å²) in [6, 6.07) is 0.191. The van der Waals surface area contributed by atoms with Crippen molar-refractivity contribution in [3.05, 3.63) is 0 Å². The second-order valence-electron chi connectivity index (χ2n) is 6.35. The number of amides is 1. The van der Waals surface area contributed by atoms with Gasteiger partial charge in [0.05, 0.1) is 5.92 Å². The van der Waals surface area contributed by atoms with Gasteiger partial charge in [-0.05, 0) is 57.9 Å². The minimum Gasteiger partial charge on any atom is -0.339 e. The predicted octanol–water partition coefficient (Wildman–Crippen LogP) is 3.09. The third-order valence-corrected chi connectivity index (χ3v) is 4.95. The Kier molecular flexibility index (Phi) is 5.52. The summed E-state index contributed by atoms with van der Waals surface area (Å²) in [5.41, 5.74) is 5.60. The molecule has 1 saturated heterocycles. The Morgan fingerprint density at radius 3 is 2.33 bits per heavy atom. The van der Waals surface area contributed by atoms with Crippen LogP contribution in [-0.4, -0.2) is 36.1 Å². The monoisotopic (exact) mass is 306 g/mol. The van der Waals surface area contributed by atoms with Gasteiger partial charge >= 0.3 is 6.18 Å². The van der Waals surface area contributed by atoms with Gasteiger partial charge in [0.25, 0.3) is 0 Å². The first-order chi connectivity index (χ1) is 9.93. The van der Waals surface area contributed by atoms with Crippen LogP contribution in [-0.2, 0) is 4.79 Å². The van der Waals surface area contributed by atoms with Crippen LogP contribution >= 0.6 is 0 Å². The lowest BCUT2D eigenvalue weighted by Crippen LogP contribution is -2.48. The van der Waals surface area contributed by atoms with Crippen molar-refractivity contribution in [2.45, 2.75) is 63.6 Å². The van der Waals surface area contributed by atoms with E-state index in [1.807, 2.05) is 4.90 Å². The highest BCUT2D eigenvalue weighted by Crippen LogP contribution is 2.40. The van der Waals surface area contributed by atoms with Crippen LogP contribution in [0.4, 0.5) is 13.2 Å². The highest BCUT2D eigenvalue weighted by molar-refractivity contribution is 5.79. The van der Waals surface area contributed by atoms with Gasteiger partial charge in [-0.2, -0.15) is 13.2 Å². The molecule has 2 aliphatic rings. The molecular formula is C15H25F3N2O. The van der Waals surface area contributed by atoms with Gasteiger partial charge in [-0.15, -0.1) is 0 Å². The first-order valence-electron chi connectivity index (χ1n) is 8.00. The lowest BCUT2D eigenvalue weighted by molar-refractivity contribution is -0.185. The van der Waals surface area contributed by atoms with E-state index in [1.54, 1.807) is 0 Å². The molecule has 1 aliphatic heterocycles. The van der Waals surface area contributed by atoms with E-state index < -0.39 is 12.1 Å². The SMILES string of the molecule is NCCC1CCCCN1C(=O)C1CCC(C(F)(F)F)CC1. The summed E-state index contributed by atoms with van der Waals surface area (Å²) in [6.45, 7) is 1.29. The van der Waals surface area contributed by atoms with Crippen molar-refractivity contribution in [1.29, 1.82) is 0 Å². The van der Waals surface area contributed by atoms with Crippen molar-refractivity contribution in [3.63, 3.8) is 0 Å². The third-order valence-electron chi connectivity index (χ3n) is 4.95. The number of carbonyl (C=O) groups is 1. The van der Waals surface area contributed by atoms with E-state index in [2.05, 4.69) is 0 Å². The van der Waals surface area contributed by atoms with E-state index in [-0.39, 0.29) is 30.7 Å². The molecule has 2 fully saturated rings. The Labute approximate surface area is 124 Å². The van der Waals surface area contributed by atoms with Gasteiger partial charge in [-0.1, -0.05) is 0 Å². The fourth-order valence-corrected chi connectivity index (χ4v) is 3.69. The molecule has 1 atom stereocenters. The van der Waals surface area contributed by atoms with Crippen molar-refractivity contribution in [3.8, 4) is 0 Å². The number of nitrogens with two attached hydrogens (primary N) is 1. The minimum atomic E-state index is -4.11. The number of hydrogen-bond donors (Lipinski definition) is 1. The zero-order chi connectivity index (χ0) is 15.5. The Morgan fingerprint density at radius 1 is 1.10 bits per heavy atom. The molecule has 21 heavy (non-hydrogen) atoms. The van der Waals surface area contributed by atoms with E-state index in [9.17, 15) is 18.0 Å². The number of halogens is 3. The summed E-state index contributed by atoms with van der Waals surface area (Å²) in [7, 11) is 0. The molecule has 122 valence electrons. The maximum absolute atomic E-state index is 12.7. The molecule has 0 bridgehead atoms. The molecule has 1 unspecified atom stereocenters. The highest BCUT2D eigenvalue weighted by Gasteiger charge is 2.43. The standard InChI is InChI=1S/C15H25F3N2O/c16-15(17,18)12-6-4-11(5-7-12)14(21)20-10-2-1-3-13(20)8-9-19/h11-13H,1-10,19H2. The second kappa shape index (κ2) is 6.99. The lowest BCUT2D eigenvalue weighted by atomic mass is 9.80. The number of hydrogen-bond acceptors (Lipinski definition) is 2. The van der Waals surface area contributed by atoms with Crippen LogP contribution in [0.25, 0.3) is 0 Å². The molecule has 0 aromatic heterocycles. The van der Waals surface area contributed by atoms with E-state index in [4.69, 9.17) is 5.73 Å². The molecule has 3 nitrogen and oxygen atoms in total. The molecule has 2 N–H and O–H groups in total. The largest absolute Gasteiger partial charge is 0.391 e. The lowest BCUT2D eigenvalue weighted by Gasteiger charge is -2.39. The zero-order valence-corrected chi connectivity index (χ0v) is 12.4. The van der Waals surface area contributed by atoms with Crippen LogP contribution in [0.1, 0.15) is 51.4 Å². The van der Waals surface area contributed by atoms with E-state index in [0.29, 0.717) is 19.4 Å². The van der Waals surface area contributed by atoms with Crippen LogP contribution in [0, 0.1) is 11.8 Å². The Bertz CT molecular complexity index is 349.